The van der Waals surface area contributed by atoms with Crippen LogP contribution in [0.15, 0.2) is 38.5 Å². The minimum atomic E-state index is -4.00. The average Bonchev–Trinajstić information content (AvgIpc) is 3.05. The first-order valence-corrected chi connectivity index (χ1v) is 11.9. The molecule has 1 aliphatic heterocycles. The number of carbonyl (C=O) groups excluding carboxylic acids is 1. The molecule has 2 aromatic rings. The summed E-state index contributed by atoms with van der Waals surface area (Å²) in [6.07, 6.45) is 0. The monoisotopic (exact) mass is 441 g/mol. The highest BCUT2D eigenvalue weighted by molar-refractivity contribution is 7.89. The predicted molar refractivity (Wildman–Crippen MR) is 105 cm³/mol. The fourth-order valence-corrected chi connectivity index (χ4v) is 5.71. The number of benzene rings is 1. The number of nitrogens with zero attached hydrogens (tertiary/aromatic N) is 2. The molecular weight excluding hydrogens is 418 g/mol. The van der Waals surface area contributed by atoms with Crippen molar-refractivity contribution in [3.8, 4) is 0 Å². The zero-order valence-electron chi connectivity index (χ0n) is 16.4. The van der Waals surface area contributed by atoms with Gasteiger partial charge in [-0.3, -0.25) is 4.79 Å². The Morgan fingerprint density at radius 2 is 1.59 bits per heavy atom. The van der Waals surface area contributed by atoms with Crippen LogP contribution in [0.2, 0.25) is 0 Å². The van der Waals surface area contributed by atoms with Crippen LogP contribution in [-0.4, -0.2) is 58.1 Å². The molecule has 29 heavy (non-hydrogen) atoms. The molecule has 1 fully saturated rings. The molecule has 0 spiro atoms. The third-order valence-electron chi connectivity index (χ3n) is 4.88. The van der Waals surface area contributed by atoms with Crippen LogP contribution in [0.4, 0.5) is 0 Å². The summed E-state index contributed by atoms with van der Waals surface area (Å²) in [7, 11) is -7.67. The van der Waals surface area contributed by atoms with E-state index < -0.39 is 26.0 Å². The lowest BCUT2D eigenvalue weighted by atomic mass is 10.2. The minimum absolute atomic E-state index is 0.0342. The number of primary sulfonamides is 1. The molecule has 1 aliphatic rings. The molecule has 0 radical (unpaired) electrons. The van der Waals surface area contributed by atoms with Gasteiger partial charge in [0.25, 0.3) is 5.91 Å². The smallest absolute Gasteiger partial charge is 0.289 e. The fourth-order valence-electron chi connectivity index (χ4n) is 3.26. The van der Waals surface area contributed by atoms with Gasteiger partial charge in [-0.1, -0.05) is 12.1 Å². The highest BCUT2D eigenvalue weighted by atomic mass is 32.2. The third kappa shape index (κ3) is 4.22. The first kappa shape index (κ1) is 21.5. The molecule has 158 valence electrons. The van der Waals surface area contributed by atoms with E-state index in [0.717, 1.165) is 11.6 Å². The van der Waals surface area contributed by atoms with E-state index in [4.69, 9.17) is 9.56 Å². The molecule has 1 aromatic carbocycles. The van der Waals surface area contributed by atoms with Gasteiger partial charge in [0.15, 0.2) is 5.76 Å². The molecule has 0 saturated carbocycles. The zero-order chi connectivity index (χ0) is 21.6. The quantitative estimate of drug-likeness (QED) is 0.753. The van der Waals surface area contributed by atoms with Crippen LogP contribution in [0, 0.1) is 20.8 Å². The number of aryl methyl sites for hydroxylation is 3. The number of sulfonamides is 2. The number of carbonyl (C=O) groups is 1. The summed E-state index contributed by atoms with van der Waals surface area (Å²) in [4.78, 5) is 14.1. The van der Waals surface area contributed by atoms with Crippen molar-refractivity contribution in [3.05, 3.63) is 46.9 Å². The van der Waals surface area contributed by atoms with E-state index in [2.05, 4.69) is 0 Å². The number of piperazine rings is 1. The van der Waals surface area contributed by atoms with Crippen LogP contribution in [-0.2, 0) is 20.0 Å². The van der Waals surface area contributed by atoms with Gasteiger partial charge in [-0.25, -0.2) is 22.0 Å². The summed E-state index contributed by atoms with van der Waals surface area (Å²) in [5, 5.41) is 5.11. The maximum absolute atomic E-state index is 13.0. The normalized spacial score (nSPS) is 16.2. The van der Waals surface area contributed by atoms with E-state index in [1.165, 1.54) is 16.1 Å². The van der Waals surface area contributed by atoms with E-state index in [0.29, 0.717) is 5.56 Å². The van der Waals surface area contributed by atoms with Gasteiger partial charge in [-0.05, 0) is 38.0 Å². The molecule has 1 saturated heterocycles. The second-order valence-electron chi connectivity index (χ2n) is 7.04. The Balaban J connectivity index is 1.75. The second-order valence-corrected chi connectivity index (χ2v) is 10.5. The van der Waals surface area contributed by atoms with Crippen LogP contribution < -0.4 is 5.14 Å². The molecule has 0 unspecified atom stereocenters. The maximum atomic E-state index is 13.0. The highest BCUT2D eigenvalue weighted by Gasteiger charge is 2.33. The maximum Gasteiger partial charge on any atom is 0.289 e. The standard InChI is InChI=1S/C18H23N3O6S2/c1-12-4-5-13(2)16(10-12)29(25,26)21-8-6-20(7-9-21)18(22)15-11-17(14(3)27-15)28(19,23)24/h4-5,10-11H,6-9H2,1-3H3,(H2,19,23,24). The summed E-state index contributed by atoms with van der Waals surface area (Å²) in [6.45, 7) is 5.56. The van der Waals surface area contributed by atoms with Crippen molar-refractivity contribution in [2.45, 2.75) is 30.6 Å². The number of hydrogen-bond donors (Lipinski definition) is 1. The highest BCUT2D eigenvalue weighted by Crippen LogP contribution is 2.24. The summed E-state index contributed by atoms with van der Waals surface area (Å²) >= 11 is 0. The zero-order valence-corrected chi connectivity index (χ0v) is 18.0. The fraction of sp³-hybridized carbons (Fsp3) is 0.389. The molecule has 2 heterocycles. The predicted octanol–water partition coefficient (Wildman–Crippen LogP) is 0.999. The van der Waals surface area contributed by atoms with E-state index in [1.807, 2.05) is 13.0 Å². The molecule has 1 aromatic heterocycles. The number of rotatable bonds is 4. The molecule has 9 nitrogen and oxygen atoms in total. The number of hydrogen-bond acceptors (Lipinski definition) is 6. The number of amides is 1. The molecule has 0 atom stereocenters. The lowest BCUT2D eigenvalue weighted by Crippen LogP contribution is -2.50. The SMILES string of the molecule is Cc1ccc(C)c(S(=O)(=O)N2CCN(C(=O)c3cc(S(N)(=O)=O)c(C)o3)CC2)c1. The molecule has 2 N–H and O–H groups in total. The average molecular weight is 442 g/mol. The van der Waals surface area contributed by atoms with Gasteiger partial charge in [0.1, 0.15) is 10.7 Å². The molecular formula is C18H23N3O6S2. The van der Waals surface area contributed by atoms with E-state index in [-0.39, 0.29) is 47.5 Å². The molecule has 0 aliphatic carbocycles. The molecule has 1 amide bonds. The van der Waals surface area contributed by atoms with Gasteiger partial charge in [-0.15, -0.1) is 0 Å². The van der Waals surface area contributed by atoms with Crippen molar-refractivity contribution < 1.29 is 26.0 Å². The van der Waals surface area contributed by atoms with Crippen molar-refractivity contribution in [3.63, 3.8) is 0 Å². The number of nitrogens with two attached hydrogens (primary N) is 1. The minimum Gasteiger partial charge on any atom is -0.455 e. The molecule has 3 rings (SSSR count). The van der Waals surface area contributed by atoms with Crippen molar-refractivity contribution in [2.24, 2.45) is 5.14 Å². The van der Waals surface area contributed by atoms with Gasteiger partial charge < -0.3 is 9.32 Å². The summed E-state index contributed by atoms with van der Waals surface area (Å²) in [5.74, 6) is -0.615. The van der Waals surface area contributed by atoms with Gasteiger partial charge in [0, 0.05) is 32.2 Å². The van der Waals surface area contributed by atoms with E-state index in [9.17, 15) is 21.6 Å². The Bertz CT molecular complexity index is 1160. The van der Waals surface area contributed by atoms with Crippen LogP contribution in [0.1, 0.15) is 27.4 Å². The van der Waals surface area contributed by atoms with E-state index in [1.54, 1.807) is 19.1 Å². The third-order valence-corrected chi connectivity index (χ3v) is 7.94. The van der Waals surface area contributed by atoms with Crippen LogP contribution in [0.3, 0.4) is 0 Å². The van der Waals surface area contributed by atoms with Crippen LogP contribution in [0.25, 0.3) is 0 Å². The Morgan fingerprint density at radius 1 is 0.966 bits per heavy atom. The largest absolute Gasteiger partial charge is 0.455 e. The van der Waals surface area contributed by atoms with Crippen LogP contribution in [0.5, 0.6) is 0 Å². The Kier molecular flexibility index (Phi) is 5.60. The first-order valence-electron chi connectivity index (χ1n) is 8.91. The van der Waals surface area contributed by atoms with Gasteiger partial charge >= 0.3 is 0 Å². The van der Waals surface area contributed by atoms with Crippen molar-refractivity contribution >= 4 is 26.0 Å². The summed E-state index contributed by atoms with van der Waals surface area (Å²) < 4.78 is 55.6. The first-order chi connectivity index (χ1) is 13.4. The Labute approximate surface area is 170 Å². The van der Waals surface area contributed by atoms with Gasteiger partial charge in [-0.2, -0.15) is 4.31 Å². The Hall–Kier alpha value is -2.21. The van der Waals surface area contributed by atoms with Crippen LogP contribution >= 0.6 is 0 Å². The van der Waals surface area contributed by atoms with Crippen molar-refractivity contribution in [2.75, 3.05) is 26.2 Å². The summed E-state index contributed by atoms with van der Waals surface area (Å²) in [5.41, 5.74) is 1.51. The Morgan fingerprint density at radius 3 is 2.14 bits per heavy atom. The van der Waals surface area contributed by atoms with Gasteiger partial charge in [0.2, 0.25) is 20.0 Å². The number of furan rings is 1. The van der Waals surface area contributed by atoms with Crippen molar-refractivity contribution in [1.82, 2.24) is 9.21 Å². The molecule has 11 heteroatoms. The lowest BCUT2D eigenvalue weighted by molar-refractivity contribution is 0.0664. The lowest BCUT2D eigenvalue weighted by Gasteiger charge is -2.33. The van der Waals surface area contributed by atoms with Crippen molar-refractivity contribution in [1.29, 1.82) is 0 Å². The van der Waals surface area contributed by atoms with Gasteiger partial charge in [0.05, 0.1) is 4.90 Å². The second kappa shape index (κ2) is 7.56. The molecule has 0 bridgehead atoms. The topological polar surface area (TPSA) is 131 Å². The summed E-state index contributed by atoms with van der Waals surface area (Å²) in [6, 6.07) is 6.37. The van der Waals surface area contributed by atoms with E-state index >= 15 is 0 Å².